The predicted molar refractivity (Wildman–Crippen MR) is 151 cm³/mol. The SMILES string of the molecule is Cc1cc(OCCCc2c3n(c4c(-c5c(C)nn(C)c5C)c(Cl)ccc24)[C@@H](C)CN=C3)cc(C)c1Cl. The molecule has 0 unspecified atom stereocenters. The molecule has 0 spiro atoms. The summed E-state index contributed by atoms with van der Waals surface area (Å²) in [4.78, 5) is 4.68. The molecule has 0 aliphatic carbocycles. The highest BCUT2D eigenvalue weighted by Crippen LogP contribution is 2.43. The maximum absolute atomic E-state index is 6.91. The van der Waals surface area contributed by atoms with Gasteiger partial charge in [-0.05, 0) is 82.3 Å². The van der Waals surface area contributed by atoms with E-state index in [1.54, 1.807) is 0 Å². The molecule has 0 bridgehead atoms. The Morgan fingerprint density at radius 2 is 1.78 bits per heavy atom. The summed E-state index contributed by atoms with van der Waals surface area (Å²) >= 11 is 13.2. The first-order chi connectivity index (χ1) is 17.2. The third-order valence-electron chi connectivity index (χ3n) is 7.29. The van der Waals surface area contributed by atoms with E-state index in [1.165, 1.54) is 22.2 Å². The largest absolute Gasteiger partial charge is 0.494 e. The second-order valence-corrected chi connectivity index (χ2v) is 10.7. The molecule has 7 heteroatoms. The monoisotopic (exact) mass is 522 g/mol. The molecule has 0 fully saturated rings. The number of aliphatic imine (C=N–C) groups is 1. The van der Waals surface area contributed by atoms with Crippen LogP contribution in [0.3, 0.4) is 0 Å². The summed E-state index contributed by atoms with van der Waals surface area (Å²) < 4.78 is 10.5. The molecule has 0 saturated heterocycles. The minimum absolute atomic E-state index is 0.243. The van der Waals surface area contributed by atoms with Gasteiger partial charge < -0.3 is 9.30 Å². The summed E-state index contributed by atoms with van der Waals surface area (Å²) in [6.45, 7) is 11.8. The number of fused-ring (bicyclic) bond motifs is 3. The molecule has 2 aromatic heterocycles. The first-order valence-corrected chi connectivity index (χ1v) is 13.2. The van der Waals surface area contributed by atoms with Gasteiger partial charge in [0.25, 0.3) is 0 Å². The van der Waals surface area contributed by atoms with Crippen molar-refractivity contribution in [3.05, 3.63) is 68.1 Å². The van der Waals surface area contributed by atoms with E-state index in [0.717, 1.165) is 68.8 Å². The van der Waals surface area contributed by atoms with Gasteiger partial charge in [-0.1, -0.05) is 29.3 Å². The van der Waals surface area contributed by atoms with Crippen LogP contribution in [0.15, 0.2) is 29.3 Å². The zero-order valence-corrected chi connectivity index (χ0v) is 23.3. The van der Waals surface area contributed by atoms with E-state index in [9.17, 15) is 0 Å². The van der Waals surface area contributed by atoms with Crippen LogP contribution >= 0.6 is 23.2 Å². The Kier molecular flexibility index (Phi) is 6.65. The van der Waals surface area contributed by atoms with Crippen molar-refractivity contribution >= 4 is 40.3 Å². The molecule has 5 nitrogen and oxygen atoms in total. The van der Waals surface area contributed by atoms with Crippen molar-refractivity contribution in [1.29, 1.82) is 0 Å². The van der Waals surface area contributed by atoms with Crippen molar-refractivity contribution in [3.63, 3.8) is 0 Å². The van der Waals surface area contributed by atoms with Crippen LogP contribution < -0.4 is 4.74 Å². The van der Waals surface area contributed by atoms with Gasteiger partial charge in [0.05, 0.1) is 41.1 Å². The lowest BCUT2D eigenvalue weighted by atomic mass is 9.98. The molecular formula is C29H32Cl2N4O. The molecule has 1 aliphatic rings. The fourth-order valence-corrected chi connectivity index (χ4v) is 5.86. The van der Waals surface area contributed by atoms with Crippen LogP contribution in [0.25, 0.3) is 22.0 Å². The average Bonchev–Trinajstić information content (AvgIpc) is 3.29. The molecular weight excluding hydrogens is 491 g/mol. The standard InChI is InChI=1S/C29H32Cl2N4O/c1-16-12-21(13-17(2)28(16)31)36-11-7-8-22-23-9-10-24(30)27(26-19(4)33-34(6)20(26)5)29(23)35-18(3)14-32-15-25(22)35/h9-10,12-13,15,18H,7-8,11,14H2,1-6H3/t18-/m0/s1. The van der Waals surface area contributed by atoms with E-state index in [2.05, 4.69) is 41.5 Å². The smallest absolute Gasteiger partial charge is 0.119 e. The van der Waals surface area contributed by atoms with Crippen molar-refractivity contribution in [2.75, 3.05) is 13.2 Å². The van der Waals surface area contributed by atoms with E-state index in [4.69, 9.17) is 27.9 Å². The summed E-state index contributed by atoms with van der Waals surface area (Å²) in [7, 11) is 1.98. The molecule has 0 N–H and O–H groups in total. The van der Waals surface area contributed by atoms with E-state index >= 15 is 0 Å². The van der Waals surface area contributed by atoms with Crippen molar-refractivity contribution in [3.8, 4) is 16.9 Å². The lowest BCUT2D eigenvalue weighted by Gasteiger charge is -2.21. The molecule has 0 radical (unpaired) electrons. The molecule has 0 saturated carbocycles. The molecule has 36 heavy (non-hydrogen) atoms. The second kappa shape index (κ2) is 9.60. The highest BCUT2D eigenvalue weighted by molar-refractivity contribution is 6.35. The molecule has 5 rings (SSSR count). The lowest BCUT2D eigenvalue weighted by molar-refractivity contribution is 0.310. The molecule has 3 heterocycles. The number of hydrogen-bond donors (Lipinski definition) is 0. The molecule has 0 amide bonds. The van der Waals surface area contributed by atoms with Crippen LogP contribution in [0.4, 0.5) is 0 Å². The van der Waals surface area contributed by atoms with Gasteiger partial charge in [0.1, 0.15) is 5.75 Å². The third-order valence-corrected chi connectivity index (χ3v) is 8.21. The highest BCUT2D eigenvalue weighted by atomic mass is 35.5. The number of aryl methyl sites for hydroxylation is 5. The Hall–Kier alpha value is -2.76. The Bertz CT molecular complexity index is 1490. The summed E-state index contributed by atoms with van der Waals surface area (Å²) in [5.41, 5.74) is 9.99. The number of benzene rings is 2. The summed E-state index contributed by atoms with van der Waals surface area (Å²) in [5.74, 6) is 0.866. The summed E-state index contributed by atoms with van der Waals surface area (Å²) in [6.07, 6.45) is 3.80. The lowest BCUT2D eigenvalue weighted by Crippen LogP contribution is -2.17. The van der Waals surface area contributed by atoms with E-state index < -0.39 is 0 Å². The van der Waals surface area contributed by atoms with Gasteiger partial charge in [-0.25, -0.2) is 0 Å². The first-order valence-electron chi connectivity index (χ1n) is 12.4. The normalized spacial score (nSPS) is 15.1. The molecule has 188 valence electrons. The zero-order valence-electron chi connectivity index (χ0n) is 21.7. The molecule has 2 aromatic carbocycles. The highest BCUT2D eigenvalue weighted by Gasteiger charge is 2.27. The van der Waals surface area contributed by atoms with Gasteiger partial charge >= 0.3 is 0 Å². The predicted octanol–water partition coefficient (Wildman–Crippen LogP) is 7.59. The molecule has 4 aromatic rings. The number of nitrogens with zero attached hydrogens (tertiary/aromatic N) is 4. The molecule has 1 aliphatic heterocycles. The summed E-state index contributed by atoms with van der Waals surface area (Å²) in [5, 5.41) is 7.46. The van der Waals surface area contributed by atoms with Gasteiger partial charge in [0.15, 0.2) is 0 Å². The Balaban J connectivity index is 1.54. The van der Waals surface area contributed by atoms with Crippen LogP contribution in [-0.4, -0.2) is 33.7 Å². The van der Waals surface area contributed by atoms with Crippen LogP contribution in [-0.2, 0) is 13.5 Å². The number of aromatic nitrogens is 3. The van der Waals surface area contributed by atoms with Gasteiger partial charge in [0.2, 0.25) is 0 Å². The van der Waals surface area contributed by atoms with Crippen molar-refractivity contribution in [1.82, 2.24) is 14.3 Å². The van der Waals surface area contributed by atoms with Gasteiger partial charge in [-0.3, -0.25) is 9.67 Å². The topological polar surface area (TPSA) is 44.3 Å². The van der Waals surface area contributed by atoms with Crippen LogP contribution in [0, 0.1) is 27.7 Å². The maximum Gasteiger partial charge on any atom is 0.119 e. The third kappa shape index (κ3) is 4.12. The summed E-state index contributed by atoms with van der Waals surface area (Å²) in [6, 6.07) is 8.44. The minimum Gasteiger partial charge on any atom is -0.494 e. The van der Waals surface area contributed by atoms with E-state index in [-0.39, 0.29) is 6.04 Å². The van der Waals surface area contributed by atoms with Crippen molar-refractivity contribution in [2.24, 2.45) is 12.0 Å². The number of halogens is 2. The fraction of sp³-hybridized carbons (Fsp3) is 0.379. The van der Waals surface area contributed by atoms with Gasteiger partial charge in [-0.15, -0.1) is 0 Å². The van der Waals surface area contributed by atoms with Gasteiger partial charge in [0, 0.05) is 40.5 Å². The van der Waals surface area contributed by atoms with E-state index in [0.29, 0.717) is 6.61 Å². The van der Waals surface area contributed by atoms with Crippen LogP contribution in [0.1, 0.15) is 53.2 Å². The Labute approximate surface area is 222 Å². The average molecular weight is 524 g/mol. The fourth-order valence-electron chi connectivity index (χ4n) is 5.50. The number of ether oxygens (including phenoxy) is 1. The maximum atomic E-state index is 6.91. The van der Waals surface area contributed by atoms with Crippen molar-refractivity contribution in [2.45, 2.75) is 53.5 Å². The Morgan fingerprint density at radius 1 is 1.06 bits per heavy atom. The molecule has 1 atom stereocenters. The first kappa shape index (κ1) is 24.9. The minimum atomic E-state index is 0.243. The van der Waals surface area contributed by atoms with E-state index in [1.807, 2.05) is 50.0 Å². The Morgan fingerprint density at radius 3 is 2.44 bits per heavy atom. The van der Waals surface area contributed by atoms with Gasteiger partial charge in [-0.2, -0.15) is 5.10 Å². The van der Waals surface area contributed by atoms with Crippen molar-refractivity contribution < 1.29 is 4.74 Å². The quantitative estimate of drug-likeness (QED) is 0.245. The number of rotatable bonds is 6. The zero-order chi connectivity index (χ0) is 25.7. The van der Waals surface area contributed by atoms with Crippen LogP contribution in [0.2, 0.25) is 10.0 Å². The van der Waals surface area contributed by atoms with Crippen LogP contribution in [0.5, 0.6) is 5.75 Å². The second-order valence-electron chi connectivity index (χ2n) is 9.89. The number of hydrogen-bond acceptors (Lipinski definition) is 3.